The number of aromatic nitrogens is 1. The maximum atomic E-state index is 12.9. The van der Waals surface area contributed by atoms with Gasteiger partial charge in [-0.25, -0.2) is 9.59 Å². The van der Waals surface area contributed by atoms with Gasteiger partial charge in [-0.15, -0.1) is 0 Å². The van der Waals surface area contributed by atoms with Crippen LogP contribution in [-0.4, -0.2) is 29.2 Å². The Hall–Kier alpha value is -3.12. The van der Waals surface area contributed by atoms with Gasteiger partial charge in [0.05, 0.1) is 17.4 Å². The molecule has 0 amide bonds. The Kier molecular flexibility index (Phi) is 5.80. The summed E-state index contributed by atoms with van der Waals surface area (Å²) in [5.41, 5.74) is 0.373. The molecule has 6 nitrogen and oxygen atoms in total. The minimum Gasteiger partial charge on any atom is -0.460 e. The fourth-order valence-corrected chi connectivity index (χ4v) is 2.96. The van der Waals surface area contributed by atoms with Gasteiger partial charge in [-0.3, -0.25) is 9.36 Å². The molecule has 0 aliphatic rings. The molecule has 0 fully saturated rings. The molecule has 0 spiro atoms. The number of carbonyl (C=O) groups excluding carboxylic acids is 2. The van der Waals surface area contributed by atoms with Crippen LogP contribution >= 0.6 is 11.6 Å². The van der Waals surface area contributed by atoms with Gasteiger partial charge in [0.25, 0.3) is 5.56 Å². The fourth-order valence-electron chi connectivity index (χ4n) is 2.77. The number of pyridine rings is 1. The molecule has 0 N–H and O–H groups in total. The lowest BCUT2D eigenvalue weighted by Crippen LogP contribution is -2.23. The highest BCUT2D eigenvalue weighted by Crippen LogP contribution is 2.20. The van der Waals surface area contributed by atoms with E-state index in [2.05, 4.69) is 0 Å². The summed E-state index contributed by atoms with van der Waals surface area (Å²) in [6.07, 6.45) is 1.09. The zero-order valence-electron chi connectivity index (χ0n) is 15.3. The highest BCUT2D eigenvalue weighted by Gasteiger charge is 2.18. The minimum absolute atomic E-state index is 0.160. The van der Waals surface area contributed by atoms with Crippen LogP contribution in [0.1, 0.15) is 24.2 Å². The monoisotopic (exact) mass is 399 g/mol. The number of hydrogen-bond donors (Lipinski definition) is 0. The summed E-state index contributed by atoms with van der Waals surface area (Å²) in [5, 5.41) is 1.24. The Morgan fingerprint density at radius 3 is 2.46 bits per heavy atom. The first-order chi connectivity index (χ1) is 13.4. The molecule has 144 valence electrons. The van der Waals surface area contributed by atoms with Crippen LogP contribution in [-0.2, 0) is 14.3 Å². The Labute approximate surface area is 166 Å². The highest BCUT2D eigenvalue weighted by molar-refractivity contribution is 6.30. The van der Waals surface area contributed by atoms with Gasteiger partial charge in [-0.05, 0) is 38.1 Å². The Bertz CT molecular complexity index is 1100. The molecular formula is C21H18ClNO5. The Morgan fingerprint density at radius 1 is 1.07 bits per heavy atom. The van der Waals surface area contributed by atoms with Crippen LogP contribution in [0.2, 0.25) is 5.02 Å². The van der Waals surface area contributed by atoms with E-state index in [1.807, 2.05) is 0 Å². The van der Waals surface area contributed by atoms with Crippen molar-refractivity contribution < 1.29 is 19.1 Å². The lowest BCUT2D eigenvalue weighted by molar-refractivity contribution is -0.150. The van der Waals surface area contributed by atoms with Crippen molar-refractivity contribution in [2.45, 2.75) is 20.0 Å². The van der Waals surface area contributed by atoms with Crippen molar-refractivity contribution in [2.75, 3.05) is 6.61 Å². The van der Waals surface area contributed by atoms with Crippen LogP contribution in [0.25, 0.3) is 16.5 Å². The first-order valence-corrected chi connectivity index (χ1v) is 9.01. The van der Waals surface area contributed by atoms with E-state index in [4.69, 9.17) is 21.1 Å². The maximum absolute atomic E-state index is 12.9. The fraction of sp³-hybridized carbons (Fsp3) is 0.190. The molecule has 3 aromatic rings. The van der Waals surface area contributed by atoms with Crippen molar-refractivity contribution in [1.82, 2.24) is 4.57 Å². The van der Waals surface area contributed by atoms with Crippen molar-refractivity contribution in [2.24, 2.45) is 0 Å². The second-order valence-corrected chi connectivity index (χ2v) is 6.79. The van der Waals surface area contributed by atoms with Crippen molar-refractivity contribution in [3.8, 4) is 5.69 Å². The lowest BCUT2D eigenvalue weighted by atomic mass is 10.1. The van der Waals surface area contributed by atoms with Crippen LogP contribution in [0.4, 0.5) is 0 Å². The molecule has 0 aliphatic carbocycles. The van der Waals surface area contributed by atoms with Crippen LogP contribution in [0, 0.1) is 0 Å². The number of carbonyl (C=O) groups is 2. The average molecular weight is 400 g/mol. The summed E-state index contributed by atoms with van der Waals surface area (Å²) < 4.78 is 11.4. The second kappa shape index (κ2) is 8.27. The van der Waals surface area contributed by atoms with E-state index in [0.717, 1.165) is 0 Å². The molecule has 2 aromatic carbocycles. The molecule has 0 saturated carbocycles. The number of fused-ring (bicyclic) bond motifs is 1. The molecule has 3 rings (SSSR count). The Balaban J connectivity index is 2.04. The largest absolute Gasteiger partial charge is 0.460 e. The van der Waals surface area contributed by atoms with E-state index in [1.54, 1.807) is 62.4 Å². The van der Waals surface area contributed by atoms with E-state index in [1.165, 1.54) is 10.8 Å². The number of esters is 2. The van der Waals surface area contributed by atoms with Gasteiger partial charge in [0.2, 0.25) is 0 Å². The summed E-state index contributed by atoms with van der Waals surface area (Å²) in [7, 11) is 0. The average Bonchev–Trinajstić information content (AvgIpc) is 2.66. The number of benzene rings is 2. The van der Waals surface area contributed by atoms with Gasteiger partial charge in [0.1, 0.15) is 0 Å². The van der Waals surface area contributed by atoms with Gasteiger partial charge < -0.3 is 9.47 Å². The molecule has 0 atom stereocenters. The normalized spacial score (nSPS) is 10.9. The molecule has 7 heteroatoms. The molecule has 0 saturated heterocycles. The molecule has 0 radical (unpaired) electrons. The van der Waals surface area contributed by atoms with Crippen molar-refractivity contribution in [1.29, 1.82) is 0 Å². The van der Waals surface area contributed by atoms with Crippen molar-refractivity contribution in [3.05, 3.63) is 75.7 Å². The number of halogens is 1. The van der Waals surface area contributed by atoms with E-state index < -0.39 is 18.5 Å². The van der Waals surface area contributed by atoms with Gasteiger partial charge in [-0.1, -0.05) is 35.9 Å². The molecular weight excluding hydrogens is 382 g/mol. The molecule has 28 heavy (non-hydrogen) atoms. The lowest BCUT2D eigenvalue weighted by Gasteiger charge is -2.13. The molecule has 0 aliphatic heterocycles. The third kappa shape index (κ3) is 4.23. The predicted octanol–water partition coefficient (Wildman–Crippen LogP) is 3.75. The van der Waals surface area contributed by atoms with Crippen molar-refractivity contribution >= 4 is 34.3 Å². The number of rotatable bonds is 5. The topological polar surface area (TPSA) is 74.6 Å². The summed E-state index contributed by atoms with van der Waals surface area (Å²) in [4.78, 5) is 37.2. The smallest absolute Gasteiger partial charge is 0.344 e. The Morgan fingerprint density at radius 2 is 1.79 bits per heavy atom. The van der Waals surface area contributed by atoms with Crippen LogP contribution < -0.4 is 5.56 Å². The molecule has 0 unspecified atom stereocenters. The van der Waals surface area contributed by atoms with Gasteiger partial charge >= 0.3 is 11.9 Å². The number of nitrogens with zero attached hydrogens (tertiary/aromatic N) is 1. The zero-order valence-corrected chi connectivity index (χ0v) is 16.1. The van der Waals surface area contributed by atoms with E-state index >= 15 is 0 Å². The number of ether oxygens (including phenoxy) is 2. The quantitative estimate of drug-likeness (QED) is 0.611. The molecule has 1 heterocycles. The van der Waals surface area contributed by atoms with E-state index in [0.29, 0.717) is 21.5 Å². The van der Waals surface area contributed by atoms with Gasteiger partial charge in [0, 0.05) is 22.0 Å². The summed E-state index contributed by atoms with van der Waals surface area (Å²) in [5.74, 6) is -1.37. The van der Waals surface area contributed by atoms with E-state index in [9.17, 15) is 14.4 Å². The standard InChI is InChI=1S/C21H18ClNO5/c1-13(2)28-19(24)12-27-21(26)18-11-23(15-7-5-6-14(22)10-15)20(25)17-9-4-3-8-16(17)18/h3-11,13H,12H2,1-2H3. The van der Waals surface area contributed by atoms with Crippen molar-refractivity contribution in [3.63, 3.8) is 0 Å². The maximum Gasteiger partial charge on any atom is 0.344 e. The zero-order chi connectivity index (χ0) is 20.3. The summed E-state index contributed by atoms with van der Waals surface area (Å²) in [6.45, 7) is 2.89. The third-order valence-corrected chi connectivity index (χ3v) is 4.15. The first-order valence-electron chi connectivity index (χ1n) is 8.64. The van der Waals surface area contributed by atoms with Crippen LogP contribution in [0.3, 0.4) is 0 Å². The molecule has 0 bridgehead atoms. The van der Waals surface area contributed by atoms with Crippen LogP contribution in [0.15, 0.2) is 59.5 Å². The van der Waals surface area contributed by atoms with Gasteiger partial charge in [-0.2, -0.15) is 0 Å². The third-order valence-electron chi connectivity index (χ3n) is 3.92. The SMILES string of the molecule is CC(C)OC(=O)COC(=O)c1cn(-c2cccc(Cl)c2)c(=O)c2ccccc12. The molecule has 1 aromatic heterocycles. The van der Waals surface area contributed by atoms with Crippen LogP contribution in [0.5, 0.6) is 0 Å². The highest BCUT2D eigenvalue weighted by atomic mass is 35.5. The minimum atomic E-state index is -0.729. The second-order valence-electron chi connectivity index (χ2n) is 6.36. The predicted molar refractivity (Wildman–Crippen MR) is 106 cm³/mol. The summed E-state index contributed by atoms with van der Waals surface area (Å²) in [6, 6.07) is 13.4. The van der Waals surface area contributed by atoms with E-state index in [-0.39, 0.29) is 17.2 Å². The number of hydrogen-bond acceptors (Lipinski definition) is 5. The summed E-state index contributed by atoms with van der Waals surface area (Å²) >= 11 is 6.04. The first kappa shape index (κ1) is 19.6. The van der Waals surface area contributed by atoms with Gasteiger partial charge in [0.15, 0.2) is 6.61 Å².